The summed E-state index contributed by atoms with van der Waals surface area (Å²) in [6, 6.07) is 10.6. The average molecular weight is 382 g/mol. The van der Waals surface area contributed by atoms with E-state index in [9.17, 15) is 9.59 Å². The second-order valence-electron chi connectivity index (χ2n) is 4.14. The normalized spacial score (nSPS) is 10.3. The zero-order chi connectivity index (χ0) is 14.0. The fraction of sp³-hybridized carbons (Fsp3) is 0.0667. The lowest BCUT2D eigenvalue weighted by atomic mass is 9.96. The number of aldehydes is 1. The maximum atomic E-state index is 12.5. The quantitative estimate of drug-likeness (QED) is 0.576. The first-order valence-corrected chi connectivity index (χ1v) is 7.17. The van der Waals surface area contributed by atoms with E-state index < -0.39 is 0 Å². The van der Waals surface area contributed by atoms with Gasteiger partial charge in [0.15, 0.2) is 12.1 Å². The summed E-state index contributed by atoms with van der Waals surface area (Å²) in [6.07, 6.45) is 0.700. The van der Waals surface area contributed by atoms with Gasteiger partial charge < -0.3 is 0 Å². The number of benzene rings is 2. The Morgan fingerprint density at radius 1 is 1.00 bits per heavy atom. The minimum Gasteiger partial charge on any atom is -0.298 e. The van der Waals surface area contributed by atoms with Crippen LogP contribution < -0.4 is 0 Å². The van der Waals surface area contributed by atoms with Crippen molar-refractivity contribution >= 4 is 43.9 Å². The molecule has 0 saturated carbocycles. The molecule has 0 amide bonds. The number of carbonyl (C=O) groups excluding carboxylic acids is 2. The molecule has 96 valence electrons. The van der Waals surface area contributed by atoms with E-state index in [1.807, 2.05) is 19.1 Å². The minimum absolute atomic E-state index is 0.145. The van der Waals surface area contributed by atoms with Crippen LogP contribution in [0.1, 0.15) is 31.8 Å². The Hall–Kier alpha value is -1.26. The SMILES string of the molecule is Cc1ccc(Br)cc1C(=O)c1ccc(Br)cc1C=O. The molecule has 0 aliphatic rings. The second kappa shape index (κ2) is 5.80. The van der Waals surface area contributed by atoms with Crippen LogP contribution in [0.5, 0.6) is 0 Å². The summed E-state index contributed by atoms with van der Waals surface area (Å²) in [6.45, 7) is 1.87. The predicted octanol–water partition coefficient (Wildman–Crippen LogP) is 4.56. The molecule has 0 aliphatic carbocycles. The highest BCUT2D eigenvalue weighted by Crippen LogP contribution is 2.22. The highest BCUT2D eigenvalue weighted by Gasteiger charge is 2.16. The van der Waals surface area contributed by atoms with Crippen LogP contribution in [0.4, 0.5) is 0 Å². The first-order chi connectivity index (χ1) is 9.02. The van der Waals surface area contributed by atoms with Crippen LogP contribution in [0.3, 0.4) is 0 Å². The molecule has 2 nitrogen and oxygen atoms in total. The third-order valence-electron chi connectivity index (χ3n) is 2.83. The van der Waals surface area contributed by atoms with Crippen molar-refractivity contribution in [3.8, 4) is 0 Å². The molecule has 0 fully saturated rings. The minimum atomic E-state index is -0.145. The molecule has 0 aromatic heterocycles. The van der Waals surface area contributed by atoms with E-state index in [-0.39, 0.29) is 5.78 Å². The van der Waals surface area contributed by atoms with Crippen LogP contribution in [0.2, 0.25) is 0 Å². The molecule has 19 heavy (non-hydrogen) atoms. The van der Waals surface area contributed by atoms with Gasteiger partial charge in [-0.2, -0.15) is 0 Å². The lowest BCUT2D eigenvalue weighted by Crippen LogP contribution is -2.07. The molecule has 2 rings (SSSR count). The van der Waals surface area contributed by atoms with Gasteiger partial charge >= 0.3 is 0 Å². The lowest BCUT2D eigenvalue weighted by Gasteiger charge is -2.08. The second-order valence-corrected chi connectivity index (χ2v) is 5.97. The Morgan fingerprint density at radius 3 is 2.32 bits per heavy atom. The Bertz CT molecular complexity index is 663. The van der Waals surface area contributed by atoms with Crippen molar-refractivity contribution in [2.75, 3.05) is 0 Å². The molecule has 0 unspecified atom stereocenters. The molecule has 0 aliphatic heterocycles. The maximum Gasteiger partial charge on any atom is 0.194 e. The van der Waals surface area contributed by atoms with E-state index in [1.54, 1.807) is 24.3 Å². The topological polar surface area (TPSA) is 34.1 Å². The molecule has 0 bridgehead atoms. The molecule has 4 heteroatoms. The fourth-order valence-electron chi connectivity index (χ4n) is 1.82. The third kappa shape index (κ3) is 3.01. The Morgan fingerprint density at radius 2 is 1.63 bits per heavy atom. The molecule has 0 heterocycles. The third-order valence-corrected chi connectivity index (χ3v) is 3.82. The molecule has 0 spiro atoms. The summed E-state index contributed by atoms with van der Waals surface area (Å²) < 4.78 is 1.61. The molecule has 0 atom stereocenters. The highest BCUT2D eigenvalue weighted by atomic mass is 79.9. The van der Waals surface area contributed by atoms with Gasteiger partial charge in [0, 0.05) is 25.6 Å². The molecule has 0 radical (unpaired) electrons. The van der Waals surface area contributed by atoms with Gasteiger partial charge in [-0.1, -0.05) is 37.9 Å². The highest BCUT2D eigenvalue weighted by molar-refractivity contribution is 9.10. The van der Waals surface area contributed by atoms with Gasteiger partial charge in [-0.05, 0) is 42.8 Å². The van der Waals surface area contributed by atoms with Gasteiger partial charge in [0.05, 0.1) is 0 Å². The van der Waals surface area contributed by atoms with Gasteiger partial charge in [0.2, 0.25) is 0 Å². The number of halogens is 2. The van der Waals surface area contributed by atoms with Crippen LogP contribution in [0.15, 0.2) is 45.3 Å². The molecule has 0 N–H and O–H groups in total. The van der Waals surface area contributed by atoms with Crippen molar-refractivity contribution in [3.63, 3.8) is 0 Å². The van der Waals surface area contributed by atoms with E-state index in [2.05, 4.69) is 31.9 Å². The van der Waals surface area contributed by atoms with Crippen LogP contribution in [0, 0.1) is 6.92 Å². The van der Waals surface area contributed by atoms with Crippen molar-refractivity contribution in [2.24, 2.45) is 0 Å². The van der Waals surface area contributed by atoms with E-state index >= 15 is 0 Å². The zero-order valence-corrected chi connectivity index (χ0v) is 13.3. The molecule has 2 aromatic carbocycles. The molecular weight excluding hydrogens is 372 g/mol. The first-order valence-electron chi connectivity index (χ1n) is 5.58. The predicted molar refractivity (Wildman–Crippen MR) is 81.8 cm³/mol. The van der Waals surface area contributed by atoms with E-state index in [4.69, 9.17) is 0 Å². The number of rotatable bonds is 3. The Balaban J connectivity index is 2.56. The smallest absolute Gasteiger partial charge is 0.194 e. The number of hydrogen-bond donors (Lipinski definition) is 0. The van der Waals surface area contributed by atoms with Crippen molar-refractivity contribution in [1.29, 1.82) is 0 Å². The van der Waals surface area contributed by atoms with Crippen molar-refractivity contribution < 1.29 is 9.59 Å². The summed E-state index contributed by atoms with van der Waals surface area (Å²) >= 11 is 6.65. The summed E-state index contributed by atoms with van der Waals surface area (Å²) in [5.41, 5.74) is 2.28. The maximum absolute atomic E-state index is 12.5. The zero-order valence-electron chi connectivity index (χ0n) is 10.1. The van der Waals surface area contributed by atoms with Crippen molar-refractivity contribution in [3.05, 3.63) is 67.6 Å². The van der Waals surface area contributed by atoms with Crippen molar-refractivity contribution in [2.45, 2.75) is 6.92 Å². The number of hydrogen-bond acceptors (Lipinski definition) is 2. The first kappa shape index (κ1) is 14.2. The van der Waals surface area contributed by atoms with Gasteiger partial charge in [-0.15, -0.1) is 0 Å². The van der Waals surface area contributed by atoms with E-state index in [1.165, 1.54) is 0 Å². The van der Waals surface area contributed by atoms with Gasteiger partial charge in [-0.3, -0.25) is 9.59 Å². The van der Waals surface area contributed by atoms with Gasteiger partial charge in [0.25, 0.3) is 0 Å². The van der Waals surface area contributed by atoms with Gasteiger partial charge in [0.1, 0.15) is 0 Å². The fourth-order valence-corrected chi connectivity index (χ4v) is 2.56. The average Bonchev–Trinajstić information content (AvgIpc) is 2.40. The largest absolute Gasteiger partial charge is 0.298 e. The van der Waals surface area contributed by atoms with E-state index in [0.717, 1.165) is 14.5 Å². The lowest BCUT2D eigenvalue weighted by molar-refractivity contribution is 0.102. The summed E-state index contributed by atoms with van der Waals surface area (Å²) in [5, 5.41) is 0. The summed E-state index contributed by atoms with van der Waals surface area (Å²) in [4.78, 5) is 23.6. The molecular formula is C15H10Br2O2. The van der Waals surface area contributed by atoms with E-state index in [0.29, 0.717) is 23.0 Å². The number of aryl methyl sites for hydroxylation is 1. The number of ketones is 1. The van der Waals surface area contributed by atoms with Crippen LogP contribution >= 0.6 is 31.9 Å². The molecule has 0 saturated heterocycles. The monoisotopic (exact) mass is 380 g/mol. The Kier molecular flexibility index (Phi) is 4.32. The standard InChI is InChI=1S/C15H10Br2O2/c1-9-2-3-12(17)7-14(9)15(19)13-5-4-11(16)6-10(13)8-18/h2-8H,1H3. The summed E-state index contributed by atoms with van der Waals surface area (Å²) in [5.74, 6) is -0.145. The molecule has 2 aromatic rings. The van der Waals surface area contributed by atoms with Crippen molar-refractivity contribution in [1.82, 2.24) is 0 Å². The number of carbonyl (C=O) groups is 2. The van der Waals surface area contributed by atoms with Crippen LogP contribution in [0.25, 0.3) is 0 Å². The Labute approximate surface area is 128 Å². The van der Waals surface area contributed by atoms with Crippen LogP contribution in [-0.4, -0.2) is 12.1 Å². The van der Waals surface area contributed by atoms with Crippen LogP contribution in [-0.2, 0) is 0 Å². The summed E-state index contributed by atoms with van der Waals surface area (Å²) in [7, 11) is 0. The van der Waals surface area contributed by atoms with Gasteiger partial charge in [-0.25, -0.2) is 0 Å².